The number of nitrogens with zero attached hydrogens (tertiary/aromatic N) is 2. The third-order valence-electron chi connectivity index (χ3n) is 2.35. The Morgan fingerprint density at radius 1 is 1.38 bits per heavy atom. The first-order valence-electron chi connectivity index (χ1n) is 4.47. The molecular formula is C8H11ClN2S2. The van der Waals surface area contributed by atoms with Gasteiger partial charge in [-0.3, -0.25) is 0 Å². The molecule has 13 heavy (non-hydrogen) atoms. The molecule has 0 radical (unpaired) electrons. The van der Waals surface area contributed by atoms with Crippen LogP contribution >= 0.6 is 35.1 Å². The van der Waals surface area contributed by atoms with Crippen LogP contribution in [-0.4, -0.2) is 14.5 Å². The van der Waals surface area contributed by atoms with Gasteiger partial charge < -0.3 is 0 Å². The molecular weight excluding hydrogens is 224 g/mol. The zero-order valence-electron chi connectivity index (χ0n) is 7.20. The Morgan fingerprint density at radius 3 is 2.77 bits per heavy atom. The first kappa shape index (κ1) is 9.74. The summed E-state index contributed by atoms with van der Waals surface area (Å²) in [4.78, 5) is 0. The summed E-state index contributed by atoms with van der Waals surface area (Å²) in [6.07, 6.45) is 5.55. The number of hydrogen-bond donors (Lipinski definition) is 0. The molecule has 5 heteroatoms. The highest BCUT2D eigenvalue weighted by Gasteiger charge is 2.16. The molecule has 1 fully saturated rings. The van der Waals surface area contributed by atoms with E-state index < -0.39 is 0 Å². The minimum absolute atomic E-state index is 0.577. The lowest BCUT2D eigenvalue weighted by Crippen LogP contribution is -1.96. The standard InChI is InChI=1S/C8H11ClN2S2/c9-7-8(11-13-10-7)12-5-6-3-1-2-4-6/h6H,1-5H2. The second-order valence-electron chi connectivity index (χ2n) is 3.32. The van der Waals surface area contributed by atoms with E-state index in [0.29, 0.717) is 5.15 Å². The summed E-state index contributed by atoms with van der Waals surface area (Å²) in [5, 5.41) is 1.49. The largest absolute Gasteiger partial charge is 0.176 e. The summed E-state index contributed by atoms with van der Waals surface area (Å²) in [6, 6.07) is 0. The van der Waals surface area contributed by atoms with Crippen molar-refractivity contribution in [3.63, 3.8) is 0 Å². The molecule has 1 aromatic rings. The Bertz CT molecular complexity index is 271. The molecule has 0 unspecified atom stereocenters. The number of halogens is 1. The molecule has 1 aromatic heterocycles. The van der Waals surface area contributed by atoms with Gasteiger partial charge in [0, 0.05) is 5.75 Å². The molecule has 0 amide bonds. The Kier molecular flexibility index (Phi) is 3.46. The van der Waals surface area contributed by atoms with Crippen LogP contribution in [0.4, 0.5) is 0 Å². The van der Waals surface area contributed by atoms with Gasteiger partial charge in [-0.15, -0.1) is 11.8 Å². The molecule has 1 aliphatic carbocycles. The van der Waals surface area contributed by atoms with Crippen LogP contribution < -0.4 is 0 Å². The number of hydrogen-bond acceptors (Lipinski definition) is 4. The zero-order chi connectivity index (χ0) is 9.10. The van der Waals surface area contributed by atoms with Gasteiger partial charge in [-0.1, -0.05) is 24.4 Å². The highest BCUT2D eigenvalue weighted by atomic mass is 35.5. The second-order valence-corrected chi connectivity index (χ2v) is 5.22. The van der Waals surface area contributed by atoms with Gasteiger partial charge in [0.15, 0.2) is 5.15 Å². The maximum atomic E-state index is 5.84. The van der Waals surface area contributed by atoms with Crippen molar-refractivity contribution in [2.75, 3.05) is 5.75 Å². The number of thioether (sulfide) groups is 1. The predicted molar refractivity (Wildman–Crippen MR) is 57.6 cm³/mol. The quantitative estimate of drug-likeness (QED) is 0.749. The van der Waals surface area contributed by atoms with Crippen molar-refractivity contribution < 1.29 is 0 Å². The summed E-state index contributed by atoms with van der Waals surface area (Å²) in [5.74, 6) is 2.04. The fourth-order valence-corrected chi connectivity index (χ4v) is 3.60. The summed E-state index contributed by atoms with van der Waals surface area (Å²) in [7, 11) is 0. The summed E-state index contributed by atoms with van der Waals surface area (Å²) >= 11 is 8.79. The smallest absolute Gasteiger partial charge is 0.165 e. The monoisotopic (exact) mass is 234 g/mol. The lowest BCUT2D eigenvalue weighted by molar-refractivity contribution is 0.623. The Labute approximate surface area is 91.4 Å². The second kappa shape index (κ2) is 4.62. The van der Waals surface area contributed by atoms with Crippen LogP contribution in [0.3, 0.4) is 0 Å². The number of rotatable bonds is 3. The van der Waals surface area contributed by atoms with E-state index >= 15 is 0 Å². The van der Waals surface area contributed by atoms with Crippen molar-refractivity contribution in [3.05, 3.63) is 5.15 Å². The van der Waals surface area contributed by atoms with E-state index in [1.165, 1.54) is 37.4 Å². The van der Waals surface area contributed by atoms with Crippen molar-refractivity contribution in [2.24, 2.45) is 5.92 Å². The highest BCUT2D eigenvalue weighted by molar-refractivity contribution is 7.99. The predicted octanol–water partition coefficient (Wildman–Crippen LogP) is 3.47. The van der Waals surface area contributed by atoms with Crippen LogP contribution in [0.15, 0.2) is 5.03 Å². The summed E-state index contributed by atoms with van der Waals surface area (Å²) in [6.45, 7) is 0. The topological polar surface area (TPSA) is 25.8 Å². The summed E-state index contributed by atoms with van der Waals surface area (Å²) in [5.41, 5.74) is 0. The minimum atomic E-state index is 0.577. The van der Waals surface area contributed by atoms with Crippen molar-refractivity contribution in [1.82, 2.24) is 8.75 Å². The molecule has 0 spiro atoms. The van der Waals surface area contributed by atoms with E-state index in [-0.39, 0.29) is 0 Å². The van der Waals surface area contributed by atoms with Crippen LogP contribution in [0, 0.1) is 5.92 Å². The molecule has 1 aliphatic rings. The van der Waals surface area contributed by atoms with Gasteiger partial charge in [-0.25, -0.2) is 0 Å². The lowest BCUT2D eigenvalue weighted by Gasteiger charge is -2.05. The zero-order valence-corrected chi connectivity index (χ0v) is 9.59. The molecule has 2 nitrogen and oxygen atoms in total. The van der Waals surface area contributed by atoms with Crippen LogP contribution in [0.1, 0.15) is 25.7 Å². The first-order valence-corrected chi connectivity index (χ1v) is 6.56. The van der Waals surface area contributed by atoms with E-state index in [1.807, 2.05) is 0 Å². The average Bonchev–Trinajstić information content (AvgIpc) is 2.72. The van der Waals surface area contributed by atoms with Crippen molar-refractivity contribution in [1.29, 1.82) is 0 Å². The molecule has 2 rings (SSSR count). The van der Waals surface area contributed by atoms with Gasteiger partial charge in [0.05, 0.1) is 11.7 Å². The molecule has 1 saturated carbocycles. The third-order valence-corrected chi connectivity index (χ3v) is 4.67. The van der Waals surface area contributed by atoms with Crippen LogP contribution in [-0.2, 0) is 0 Å². The fourth-order valence-electron chi connectivity index (χ4n) is 1.63. The summed E-state index contributed by atoms with van der Waals surface area (Å²) < 4.78 is 8.08. The number of aromatic nitrogens is 2. The van der Waals surface area contributed by atoms with Crippen LogP contribution in [0.25, 0.3) is 0 Å². The van der Waals surface area contributed by atoms with Gasteiger partial charge in [0.25, 0.3) is 0 Å². The average molecular weight is 235 g/mol. The SMILES string of the molecule is Clc1nsnc1SCC1CCCC1. The molecule has 0 atom stereocenters. The normalized spacial score (nSPS) is 18.2. The molecule has 0 saturated heterocycles. The van der Waals surface area contributed by atoms with Gasteiger partial charge in [-0.2, -0.15) is 8.75 Å². The van der Waals surface area contributed by atoms with Gasteiger partial charge in [-0.05, 0) is 18.8 Å². The minimum Gasteiger partial charge on any atom is -0.165 e. The third kappa shape index (κ3) is 2.58. The van der Waals surface area contributed by atoms with E-state index in [4.69, 9.17) is 11.6 Å². The van der Waals surface area contributed by atoms with E-state index in [1.54, 1.807) is 11.8 Å². The van der Waals surface area contributed by atoms with Gasteiger partial charge >= 0.3 is 0 Å². The first-order chi connectivity index (χ1) is 6.36. The lowest BCUT2D eigenvalue weighted by atomic mass is 10.1. The van der Waals surface area contributed by atoms with Crippen molar-refractivity contribution in [2.45, 2.75) is 30.7 Å². The molecule has 72 valence electrons. The maximum absolute atomic E-state index is 5.84. The highest BCUT2D eigenvalue weighted by Crippen LogP contribution is 2.32. The van der Waals surface area contributed by atoms with Gasteiger partial charge in [0.2, 0.25) is 0 Å². The van der Waals surface area contributed by atoms with E-state index in [2.05, 4.69) is 8.75 Å². The van der Waals surface area contributed by atoms with Crippen molar-refractivity contribution in [3.8, 4) is 0 Å². The molecule has 0 N–H and O–H groups in total. The molecule has 1 heterocycles. The Hall–Kier alpha value is 0.200. The molecule has 0 aromatic carbocycles. The Balaban J connectivity index is 1.82. The van der Waals surface area contributed by atoms with E-state index in [0.717, 1.165) is 16.7 Å². The van der Waals surface area contributed by atoms with Crippen LogP contribution in [0.5, 0.6) is 0 Å². The van der Waals surface area contributed by atoms with Gasteiger partial charge in [0.1, 0.15) is 5.03 Å². The molecule has 0 bridgehead atoms. The fraction of sp³-hybridized carbons (Fsp3) is 0.750. The van der Waals surface area contributed by atoms with Crippen molar-refractivity contribution >= 4 is 35.1 Å². The molecule has 0 aliphatic heterocycles. The van der Waals surface area contributed by atoms with Crippen LogP contribution in [0.2, 0.25) is 5.15 Å². The van der Waals surface area contributed by atoms with E-state index in [9.17, 15) is 0 Å². The maximum Gasteiger partial charge on any atom is 0.176 e. The Morgan fingerprint density at radius 2 is 2.15 bits per heavy atom.